The molecular weight excluding hydrogens is 1080 g/mol. The highest BCUT2D eigenvalue weighted by molar-refractivity contribution is 9.09. The lowest BCUT2D eigenvalue weighted by molar-refractivity contribution is 0.124. The van der Waals surface area contributed by atoms with Crippen LogP contribution in [-0.2, 0) is 38.9 Å². The topological polar surface area (TPSA) is 122 Å². The van der Waals surface area contributed by atoms with Gasteiger partial charge in [0.1, 0.15) is 0 Å². The molecule has 3 saturated heterocycles. The smallest absolute Gasteiger partial charge is 0.317 e. The minimum Gasteiger partial charge on any atom is -0.346 e. The molecule has 16 heteroatoms. The lowest BCUT2D eigenvalue weighted by Crippen LogP contribution is -2.56. The van der Waals surface area contributed by atoms with E-state index < -0.39 is 0 Å². The summed E-state index contributed by atoms with van der Waals surface area (Å²) in [5.41, 5.74) is 12.1. The number of alkyl halides is 1. The maximum Gasteiger partial charge on any atom is 0.317 e. The van der Waals surface area contributed by atoms with Crippen molar-refractivity contribution in [3.63, 3.8) is 0 Å². The molecule has 15 nitrogen and oxygen atoms in total. The Morgan fingerprint density at radius 1 is 0.481 bits per heavy atom. The van der Waals surface area contributed by atoms with E-state index in [1.54, 1.807) is 0 Å². The van der Waals surface area contributed by atoms with Gasteiger partial charge in [-0.15, -0.1) is 0 Å². The molecule has 6 aromatic rings. The van der Waals surface area contributed by atoms with Gasteiger partial charge in [0, 0.05) is 195 Å². The minimum absolute atomic E-state index is 0.0381. The van der Waals surface area contributed by atoms with Crippen molar-refractivity contribution in [1.29, 1.82) is 0 Å². The molecule has 6 aliphatic rings. The van der Waals surface area contributed by atoms with Crippen LogP contribution in [0.1, 0.15) is 112 Å². The lowest BCUT2D eigenvalue weighted by atomic mass is 9.74. The maximum absolute atomic E-state index is 13.4. The van der Waals surface area contributed by atoms with E-state index in [1.807, 2.05) is 14.7 Å². The summed E-state index contributed by atoms with van der Waals surface area (Å²) in [5, 5.41) is 15.3. The van der Waals surface area contributed by atoms with Crippen LogP contribution in [0.15, 0.2) is 73.2 Å². The molecule has 0 spiro atoms. The van der Waals surface area contributed by atoms with Gasteiger partial charge >= 0.3 is 18.1 Å². The number of aromatic nitrogens is 3. The SMILES string of the molecule is CCN(CC)C(=O)N[C@H]1C[C@@H]2c3cccc4c3c(cn4CC(CBr)(Cn3cc4c5c(cccc53)[C@H]3C[C@H](NC(=O)N(CC)CC)CN(C)[C@@H]3C4)Cn3cc4c5c(cccc53)[C@H]3C[C@H](NC(=O)N(CC)CC)CN(C)[C@@H]3C4)C[C@H]2N(C)C1. The predicted octanol–water partition coefficient (Wildman–Crippen LogP) is 9.62. The highest BCUT2D eigenvalue weighted by Gasteiger charge is 2.45. The van der Waals surface area contributed by atoms with Crippen LogP contribution in [-0.4, -0.2) is 183 Å². The first-order valence-corrected chi connectivity index (χ1v) is 32.0. The molecule has 9 atom stereocenters. The normalized spacial score (nSPS) is 25.3. The molecule has 3 aromatic heterocycles. The molecule has 6 heterocycles. The van der Waals surface area contributed by atoms with E-state index in [0.29, 0.717) is 75.1 Å². The first-order valence-electron chi connectivity index (χ1n) is 30.9. The summed E-state index contributed by atoms with van der Waals surface area (Å²) < 4.78 is 7.85. The van der Waals surface area contributed by atoms with Crippen molar-refractivity contribution >= 4 is 66.7 Å². The number of likely N-dealkylation sites (N-methyl/N-ethyl adjacent to an activating group) is 3. The van der Waals surface area contributed by atoms with E-state index in [2.05, 4.69) is 196 Å². The Balaban J connectivity index is 0.919. The van der Waals surface area contributed by atoms with E-state index in [-0.39, 0.29) is 41.6 Å². The Kier molecular flexibility index (Phi) is 15.6. The summed E-state index contributed by atoms with van der Waals surface area (Å²) in [5.74, 6) is 0.941. The van der Waals surface area contributed by atoms with Crippen molar-refractivity contribution < 1.29 is 14.4 Å². The number of hydrogen-bond donors (Lipinski definition) is 3. The number of urea groups is 3. The highest BCUT2D eigenvalue weighted by atomic mass is 79.9. The van der Waals surface area contributed by atoms with Gasteiger partial charge in [0.05, 0.1) is 0 Å². The Bertz CT molecular complexity index is 2970. The third kappa shape index (κ3) is 9.92. The number of hydrogen-bond acceptors (Lipinski definition) is 6. The van der Waals surface area contributed by atoms with Crippen LogP contribution < -0.4 is 16.0 Å². The van der Waals surface area contributed by atoms with Gasteiger partial charge in [-0.2, -0.15) is 0 Å². The summed E-state index contributed by atoms with van der Waals surface area (Å²) >= 11 is 4.33. The molecule has 81 heavy (non-hydrogen) atoms. The fourth-order valence-electron chi connectivity index (χ4n) is 16.8. The Hall–Kier alpha value is -5.55. The first-order chi connectivity index (χ1) is 39.2. The summed E-state index contributed by atoms with van der Waals surface area (Å²) in [6.45, 7) is 21.5. The Morgan fingerprint density at radius 3 is 1.02 bits per heavy atom. The molecule has 0 bridgehead atoms. The molecule has 12 rings (SSSR count). The van der Waals surface area contributed by atoms with Gasteiger partial charge in [-0.3, -0.25) is 0 Å². The van der Waals surface area contributed by atoms with Crippen LogP contribution in [0.25, 0.3) is 32.7 Å². The van der Waals surface area contributed by atoms with Crippen molar-refractivity contribution in [3.05, 3.63) is 107 Å². The molecular formula is C65H89BrN12O3. The van der Waals surface area contributed by atoms with Crippen LogP contribution in [0.4, 0.5) is 14.4 Å². The first kappa shape index (κ1) is 56.0. The number of halogens is 1. The van der Waals surface area contributed by atoms with Gasteiger partial charge < -0.3 is 59.1 Å². The summed E-state index contributed by atoms with van der Waals surface area (Å²) in [4.78, 5) is 53.5. The lowest BCUT2D eigenvalue weighted by Gasteiger charge is -2.45. The van der Waals surface area contributed by atoms with Crippen molar-refractivity contribution in [2.45, 2.75) is 154 Å². The number of likely N-dealkylation sites (tertiary alicyclic amines) is 3. The number of fused-ring (bicyclic) bond motifs is 6. The zero-order chi connectivity index (χ0) is 56.6. The van der Waals surface area contributed by atoms with Crippen LogP contribution >= 0.6 is 15.9 Å². The molecule has 0 unspecified atom stereocenters. The van der Waals surface area contributed by atoms with Crippen LogP contribution in [0.2, 0.25) is 0 Å². The second-order valence-corrected chi connectivity index (χ2v) is 25.9. The number of piperidine rings is 3. The molecule has 3 aromatic carbocycles. The van der Waals surface area contributed by atoms with Gasteiger partial charge in [0.2, 0.25) is 0 Å². The second-order valence-electron chi connectivity index (χ2n) is 25.3. The van der Waals surface area contributed by atoms with Crippen LogP contribution in [0.5, 0.6) is 0 Å². The minimum atomic E-state index is -0.302. The van der Waals surface area contributed by atoms with Crippen molar-refractivity contribution in [2.24, 2.45) is 5.41 Å². The van der Waals surface area contributed by atoms with Gasteiger partial charge in [0.25, 0.3) is 0 Å². The molecule has 3 fully saturated rings. The zero-order valence-corrected chi connectivity index (χ0v) is 51.3. The van der Waals surface area contributed by atoms with Crippen molar-refractivity contribution in [2.75, 3.05) is 85.4 Å². The predicted molar refractivity (Wildman–Crippen MR) is 330 cm³/mol. The monoisotopic (exact) mass is 1160 g/mol. The number of nitrogens with zero attached hydrogens (tertiary/aromatic N) is 9. The van der Waals surface area contributed by atoms with E-state index in [4.69, 9.17) is 0 Å². The van der Waals surface area contributed by atoms with Gasteiger partial charge in [-0.05, 0) is 153 Å². The molecule has 3 N–H and O–H groups in total. The van der Waals surface area contributed by atoms with Crippen molar-refractivity contribution in [1.82, 2.24) is 59.1 Å². The fourth-order valence-corrected chi connectivity index (χ4v) is 17.3. The van der Waals surface area contributed by atoms with E-state index in [1.165, 1.54) is 66.1 Å². The average molecular weight is 1170 g/mol. The third-order valence-electron chi connectivity index (χ3n) is 20.7. The Morgan fingerprint density at radius 2 is 0.765 bits per heavy atom. The standard InChI is InChI=1S/C65H89BrN12O3/c1-10-73(11-2)62(79)67-44-28-50-47-19-16-22-53-59(47)41(25-56(50)70(7)34-44)31-76(53)38-65(37-66,39-77-32-42-26-57-51(48-20-17-23-54(77)60(42)48)29-45(35-71(57)8)68-63(80)74(12-3)13-4)40-78-33-43-27-58-52(49-21-18-24-55(78)61(43)49)30-46(36-72(58)9)69-64(81)75(14-5)15-6/h16-24,31-33,44-46,50-52,56-58H,10-15,25-30,34-40H2,1-9H3,(H,67,79)(H,68,80)(H,69,81)/t44-,45-,46-,50+,51+,52+,56+,57+,58+/m0/s1. The van der Waals surface area contributed by atoms with Gasteiger partial charge in [0.15, 0.2) is 0 Å². The summed E-state index contributed by atoms with van der Waals surface area (Å²) in [6, 6.07) is 22.5. The molecule has 434 valence electrons. The molecule has 6 amide bonds. The van der Waals surface area contributed by atoms with Crippen LogP contribution in [0.3, 0.4) is 0 Å². The maximum atomic E-state index is 13.4. The second kappa shape index (κ2) is 22.6. The van der Waals surface area contributed by atoms with Gasteiger partial charge in [-0.25, -0.2) is 14.4 Å². The number of carbonyl (C=O) groups is 3. The quantitative estimate of drug-likeness (QED) is 0.0831. The van der Waals surface area contributed by atoms with E-state index in [0.717, 1.165) is 83.1 Å². The summed E-state index contributed by atoms with van der Waals surface area (Å²) in [6.07, 6.45) is 13.3. The fraction of sp³-hybridized carbons (Fsp3) is 0.585. The third-order valence-corrected chi connectivity index (χ3v) is 21.9. The number of carbonyl (C=O) groups excluding carboxylic acids is 3. The number of rotatable bonds is 16. The molecule has 0 radical (unpaired) electrons. The van der Waals surface area contributed by atoms with Crippen LogP contribution in [0, 0.1) is 5.41 Å². The van der Waals surface area contributed by atoms with Crippen molar-refractivity contribution in [3.8, 4) is 0 Å². The average Bonchev–Trinajstić information content (AvgIpc) is 4.27. The number of amides is 6. The molecule has 0 saturated carbocycles. The summed E-state index contributed by atoms with van der Waals surface area (Å²) in [7, 11) is 6.78. The Labute approximate surface area is 488 Å². The highest BCUT2D eigenvalue weighted by Crippen LogP contribution is 2.49. The van der Waals surface area contributed by atoms with E-state index in [9.17, 15) is 14.4 Å². The number of benzene rings is 3. The van der Waals surface area contributed by atoms with Gasteiger partial charge in [-0.1, -0.05) is 52.3 Å². The largest absolute Gasteiger partial charge is 0.346 e. The molecule has 3 aliphatic carbocycles. The number of nitrogens with one attached hydrogen (secondary N) is 3. The molecule has 3 aliphatic heterocycles. The van der Waals surface area contributed by atoms with E-state index >= 15 is 0 Å². The zero-order valence-electron chi connectivity index (χ0n) is 49.7.